The summed E-state index contributed by atoms with van der Waals surface area (Å²) in [6.45, 7) is 6.88. The molecule has 0 saturated carbocycles. The molecule has 1 aliphatic carbocycles. The Hall–Kier alpha value is -3.41. The van der Waals surface area contributed by atoms with Gasteiger partial charge in [-0.2, -0.15) is 21.6 Å². The van der Waals surface area contributed by atoms with Gasteiger partial charge in [0.05, 0.1) is 12.2 Å². The van der Waals surface area contributed by atoms with E-state index in [1.165, 1.54) is 6.07 Å². The molecule has 4 rings (SSSR count). The van der Waals surface area contributed by atoms with Crippen molar-refractivity contribution >= 4 is 21.8 Å². The second-order valence-electron chi connectivity index (χ2n) is 9.37. The van der Waals surface area contributed by atoms with Crippen molar-refractivity contribution in [2.24, 2.45) is 0 Å². The fourth-order valence-corrected chi connectivity index (χ4v) is 4.45. The van der Waals surface area contributed by atoms with Gasteiger partial charge in [-0.25, -0.2) is 4.79 Å². The second-order valence-corrected chi connectivity index (χ2v) is 10.9. The lowest BCUT2D eigenvalue weighted by Gasteiger charge is -2.23. The molecule has 2 aliphatic rings. The number of hydrogen-bond donors (Lipinski definition) is 0. The summed E-state index contributed by atoms with van der Waals surface area (Å²) in [5.41, 5.74) is -6.45. The van der Waals surface area contributed by atoms with Crippen molar-refractivity contribution in [3.8, 4) is 17.2 Å². The number of carbonyl (C=O) groups excluding carboxylic acids is 1. The summed E-state index contributed by atoms with van der Waals surface area (Å²) < 4.78 is 90.9. The summed E-state index contributed by atoms with van der Waals surface area (Å²) in [6, 6.07) is 9.26. The third-order valence-electron chi connectivity index (χ3n) is 5.41. The lowest BCUT2D eigenvalue weighted by Crippen LogP contribution is -2.28. The zero-order chi connectivity index (χ0) is 27.2. The van der Waals surface area contributed by atoms with Crippen LogP contribution in [0, 0.1) is 0 Å². The summed E-state index contributed by atoms with van der Waals surface area (Å²) in [5.74, 6) is -1.76. The molecule has 0 spiro atoms. The Morgan fingerprint density at radius 1 is 1.05 bits per heavy atom. The minimum atomic E-state index is -6.13. The molecule has 37 heavy (non-hydrogen) atoms. The second kappa shape index (κ2) is 9.47. The van der Waals surface area contributed by atoms with Crippen molar-refractivity contribution in [2.75, 3.05) is 13.4 Å². The highest BCUT2D eigenvalue weighted by molar-refractivity contribution is 7.87. The number of halogens is 3. The van der Waals surface area contributed by atoms with Crippen LogP contribution in [0.1, 0.15) is 56.7 Å². The average molecular weight is 543 g/mol. The Labute approximate surface area is 212 Å². The first kappa shape index (κ1) is 26.6. The number of rotatable bonds is 7. The highest BCUT2D eigenvalue weighted by atomic mass is 32.2. The van der Waals surface area contributed by atoms with Crippen molar-refractivity contribution in [3.63, 3.8) is 0 Å². The van der Waals surface area contributed by atoms with Gasteiger partial charge in [-0.05, 0) is 62.6 Å². The number of carbonyl (C=O) groups is 1. The molecule has 2 aromatic carbocycles. The SMILES string of the molecule is CCCOc1ccc2c(c1)C(OS(=O)(=O)C(F)(F)F)=C(C(=O)OC(C)(C)C)[C@H]2c1ccc2c(c1)OCO2. The first-order valence-corrected chi connectivity index (χ1v) is 12.8. The smallest absolute Gasteiger partial charge is 0.494 e. The number of hydrogen-bond acceptors (Lipinski definition) is 8. The summed E-state index contributed by atoms with van der Waals surface area (Å²) in [5, 5.41) is 0. The number of fused-ring (bicyclic) bond motifs is 2. The molecule has 0 aromatic heterocycles. The van der Waals surface area contributed by atoms with Crippen LogP contribution in [-0.2, 0) is 23.8 Å². The Morgan fingerprint density at radius 2 is 1.76 bits per heavy atom. The number of alkyl halides is 3. The molecule has 0 radical (unpaired) electrons. The summed E-state index contributed by atoms with van der Waals surface area (Å²) in [7, 11) is -6.13. The van der Waals surface area contributed by atoms with Crippen LogP contribution in [0.25, 0.3) is 5.76 Å². The van der Waals surface area contributed by atoms with E-state index in [-0.39, 0.29) is 18.1 Å². The van der Waals surface area contributed by atoms with Gasteiger partial charge in [0.1, 0.15) is 11.4 Å². The van der Waals surface area contributed by atoms with E-state index >= 15 is 0 Å². The maximum Gasteiger partial charge on any atom is 0.534 e. The Morgan fingerprint density at radius 3 is 2.41 bits per heavy atom. The number of esters is 1. The molecule has 12 heteroatoms. The van der Waals surface area contributed by atoms with Gasteiger partial charge in [-0.1, -0.05) is 19.1 Å². The Balaban J connectivity index is 1.96. The van der Waals surface area contributed by atoms with Crippen LogP contribution in [-0.4, -0.2) is 38.9 Å². The molecule has 1 heterocycles. The van der Waals surface area contributed by atoms with Gasteiger partial charge in [0.15, 0.2) is 17.3 Å². The first-order valence-electron chi connectivity index (χ1n) is 11.4. The van der Waals surface area contributed by atoms with Crippen LogP contribution in [0.2, 0.25) is 0 Å². The van der Waals surface area contributed by atoms with Crippen LogP contribution in [0.3, 0.4) is 0 Å². The highest BCUT2D eigenvalue weighted by Gasteiger charge is 2.51. The molecule has 0 amide bonds. The van der Waals surface area contributed by atoms with Crippen LogP contribution >= 0.6 is 0 Å². The van der Waals surface area contributed by atoms with Crippen molar-refractivity contribution in [1.29, 1.82) is 0 Å². The quantitative estimate of drug-likeness (QED) is 0.265. The van der Waals surface area contributed by atoms with E-state index in [2.05, 4.69) is 4.18 Å². The van der Waals surface area contributed by atoms with E-state index in [0.717, 1.165) is 0 Å². The predicted molar refractivity (Wildman–Crippen MR) is 125 cm³/mol. The highest BCUT2D eigenvalue weighted by Crippen LogP contribution is 2.50. The van der Waals surface area contributed by atoms with Crippen LogP contribution < -0.4 is 14.2 Å². The lowest BCUT2D eigenvalue weighted by atomic mass is 9.88. The van der Waals surface area contributed by atoms with Crippen LogP contribution in [0.15, 0.2) is 42.0 Å². The third kappa shape index (κ3) is 5.34. The topological polar surface area (TPSA) is 97.4 Å². The maximum absolute atomic E-state index is 13.4. The van der Waals surface area contributed by atoms with Gasteiger partial charge in [0.25, 0.3) is 0 Å². The van der Waals surface area contributed by atoms with Crippen molar-refractivity contribution in [3.05, 3.63) is 58.7 Å². The maximum atomic E-state index is 13.4. The van der Waals surface area contributed by atoms with Crippen LogP contribution in [0.5, 0.6) is 17.2 Å². The predicted octanol–water partition coefficient (Wildman–Crippen LogP) is 5.27. The van der Waals surface area contributed by atoms with E-state index < -0.39 is 44.4 Å². The zero-order valence-electron chi connectivity index (χ0n) is 20.5. The lowest BCUT2D eigenvalue weighted by molar-refractivity contribution is -0.150. The Kier molecular flexibility index (Phi) is 6.82. The molecule has 1 atom stereocenters. The minimum Gasteiger partial charge on any atom is -0.494 e. The van der Waals surface area contributed by atoms with Crippen molar-refractivity contribution in [2.45, 2.75) is 51.1 Å². The minimum absolute atomic E-state index is 0.0227. The van der Waals surface area contributed by atoms with Crippen molar-refractivity contribution in [1.82, 2.24) is 0 Å². The molecule has 1 aliphatic heterocycles. The zero-order valence-corrected chi connectivity index (χ0v) is 21.3. The molecular formula is C25H25F3O8S. The number of benzene rings is 2. The fourth-order valence-electron chi connectivity index (χ4n) is 3.95. The van der Waals surface area contributed by atoms with E-state index in [1.807, 2.05) is 6.92 Å². The van der Waals surface area contributed by atoms with Gasteiger partial charge in [-0.3, -0.25) is 0 Å². The third-order valence-corrected chi connectivity index (χ3v) is 6.36. The van der Waals surface area contributed by atoms with E-state index in [9.17, 15) is 26.4 Å². The monoisotopic (exact) mass is 542 g/mol. The molecule has 0 bridgehead atoms. The van der Waals surface area contributed by atoms with Crippen molar-refractivity contribution < 1.29 is 49.5 Å². The van der Waals surface area contributed by atoms with Crippen LogP contribution in [0.4, 0.5) is 13.2 Å². The van der Waals surface area contributed by atoms with Gasteiger partial charge in [0, 0.05) is 11.5 Å². The molecule has 8 nitrogen and oxygen atoms in total. The molecule has 0 saturated heterocycles. The molecule has 0 N–H and O–H groups in total. The molecule has 2 aromatic rings. The van der Waals surface area contributed by atoms with Gasteiger partial charge in [-0.15, -0.1) is 0 Å². The van der Waals surface area contributed by atoms with E-state index in [1.54, 1.807) is 51.1 Å². The molecule has 0 unspecified atom stereocenters. The average Bonchev–Trinajstić information content (AvgIpc) is 3.37. The molecule has 200 valence electrons. The fraction of sp³-hybridized carbons (Fsp3) is 0.400. The van der Waals surface area contributed by atoms with E-state index in [0.29, 0.717) is 35.7 Å². The first-order chi connectivity index (χ1) is 17.2. The summed E-state index contributed by atoms with van der Waals surface area (Å²) in [6.07, 6.45) is 0.654. The summed E-state index contributed by atoms with van der Waals surface area (Å²) >= 11 is 0. The Bertz CT molecular complexity index is 1360. The molecule has 0 fully saturated rings. The molecular weight excluding hydrogens is 517 g/mol. The van der Waals surface area contributed by atoms with E-state index in [4.69, 9.17) is 18.9 Å². The normalized spacial score (nSPS) is 17.0. The van der Waals surface area contributed by atoms with Gasteiger partial charge < -0.3 is 23.1 Å². The van der Waals surface area contributed by atoms with Gasteiger partial charge in [0.2, 0.25) is 6.79 Å². The number of ether oxygens (including phenoxy) is 4. The largest absolute Gasteiger partial charge is 0.534 e. The van der Waals surface area contributed by atoms with Gasteiger partial charge >= 0.3 is 21.6 Å². The standard InChI is InChI=1S/C25H25F3O8S/c1-5-10-32-15-7-8-16-17(12-15)22(36-37(30,31)25(26,27)28)21(23(29)35-24(2,3)4)20(16)14-6-9-18-19(11-14)34-13-33-18/h6-9,11-12,20H,5,10,13H2,1-4H3/t20-/m0/s1. The summed E-state index contributed by atoms with van der Waals surface area (Å²) in [4.78, 5) is 13.4.